The molecule has 0 aliphatic carbocycles. The normalized spacial score (nSPS) is 14.7. The molecule has 0 saturated carbocycles. The van der Waals surface area contributed by atoms with Crippen LogP contribution in [-0.2, 0) is 0 Å². The number of aryl methyl sites for hydroxylation is 1. The summed E-state index contributed by atoms with van der Waals surface area (Å²) in [4.78, 5) is 29.4. The van der Waals surface area contributed by atoms with Crippen LogP contribution in [0, 0.1) is 6.92 Å². The molecule has 0 saturated heterocycles. The fourth-order valence-corrected chi connectivity index (χ4v) is 5.15. The van der Waals surface area contributed by atoms with E-state index in [-0.39, 0.29) is 17.1 Å². The molecule has 0 N–H and O–H groups in total. The number of hydrogen-bond donors (Lipinski definition) is 0. The zero-order valence-corrected chi connectivity index (χ0v) is 23.3. The number of rotatable bonds is 9. The molecule has 196 valence electrons. The highest BCUT2D eigenvalue weighted by Gasteiger charge is 2.44. The minimum Gasteiger partial charge on any atom is -0.490 e. The summed E-state index contributed by atoms with van der Waals surface area (Å²) < 4.78 is 19.0. The van der Waals surface area contributed by atoms with Gasteiger partial charge in [0.05, 0.1) is 30.2 Å². The minimum atomic E-state index is -0.687. The second kappa shape index (κ2) is 11.0. The van der Waals surface area contributed by atoms with E-state index in [1.807, 2.05) is 68.4 Å². The lowest BCUT2D eigenvalue weighted by Crippen LogP contribution is -2.29. The maximum Gasteiger partial charge on any atom is 0.295 e. The van der Waals surface area contributed by atoms with Gasteiger partial charge >= 0.3 is 0 Å². The van der Waals surface area contributed by atoms with Crippen LogP contribution in [0.3, 0.4) is 0 Å². The number of fused-ring (bicyclic) bond motifs is 2. The lowest BCUT2D eigenvalue weighted by atomic mass is 9.97. The van der Waals surface area contributed by atoms with Gasteiger partial charge in [-0.2, -0.15) is 0 Å². The largest absolute Gasteiger partial charge is 0.490 e. The van der Waals surface area contributed by atoms with Gasteiger partial charge in [-0.3, -0.25) is 14.5 Å². The fourth-order valence-electron chi connectivity index (χ4n) is 4.89. The van der Waals surface area contributed by atoms with Crippen molar-refractivity contribution < 1.29 is 18.7 Å². The molecule has 7 heteroatoms. The number of unbranched alkanes of at least 4 members (excludes halogenated alkanes) is 2. The number of ether oxygens (including phenoxy) is 2. The summed E-state index contributed by atoms with van der Waals surface area (Å²) in [6.45, 7) is 7.05. The molecule has 1 aliphatic rings. The Morgan fingerprint density at radius 3 is 2.45 bits per heavy atom. The van der Waals surface area contributed by atoms with E-state index in [2.05, 4.69) is 22.9 Å². The average molecular weight is 576 g/mol. The van der Waals surface area contributed by atoms with Crippen LogP contribution in [0.5, 0.6) is 11.5 Å². The number of nitrogens with zero attached hydrogens (tertiary/aromatic N) is 1. The lowest BCUT2D eigenvalue weighted by Gasteiger charge is -2.26. The number of halogens is 1. The van der Waals surface area contributed by atoms with E-state index < -0.39 is 6.04 Å². The van der Waals surface area contributed by atoms with Crippen molar-refractivity contribution in [2.45, 2.75) is 46.1 Å². The van der Waals surface area contributed by atoms with Crippen LogP contribution >= 0.6 is 15.9 Å². The molecular weight excluding hydrogens is 546 g/mol. The van der Waals surface area contributed by atoms with Gasteiger partial charge in [0.2, 0.25) is 5.76 Å². The van der Waals surface area contributed by atoms with E-state index in [1.165, 1.54) is 0 Å². The van der Waals surface area contributed by atoms with Gasteiger partial charge in [0.1, 0.15) is 5.58 Å². The lowest BCUT2D eigenvalue weighted by molar-refractivity contribution is 0.0971. The number of amides is 1. The third-order valence-corrected chi connectivity index (χ3v) is 7.25. The first-order valence-corrected chi connectivity index (χ1v) is 13.8. The Morgan fingerprint density at radius 1 is 0.921 bits per heavy atom. The van der Waals surface area contributed by atoms with Crippen molar-refractivity contribution in [1.29, 1.82) is 0 Å². The van der Waals surface area contributed by atoms with E-state index in [1.54, 1.807) is 11.0 Å². The molecule has 2 heterocycles. The second-order valence-electron chi connectivity index (χ2n) is 9.42. The predicted octanol–water partition coefficient (Wildman–Crippen LogP) is 7.58. The van der Waals surface area contributed by atoms with E-state index in [9.17, 15) is 9.59 Å². The Hall–Kier alpha value is -3.58. The van der Waals surface area contributed by atoms with Crippen molar-refractivity contribution in [2.75, 3.05) is 18.1 Å². The Morgan fingerprint density at radius 2 is 1.71 bits per heavy atom. The van der Waals surface area contributed by atoms with E-state index in [4.69, 9.17) is 13.9 Å². The first-order valence-electron chi connectivity index (χ1n) is 13.0. The van der Waals surface area contributed by atoms with Crippen LogP contribution < -0.4 is 19.8 Å². The predicted molar refractivity (Wildman–Crippen MR) is 153 cm³/mol. The number of carbonyl (C=O) groups is 1. The summed E-state index contributed by atoms with van der Waals surface area (Å²) in [5.41, 5.74) is 2.86. The summed E-state index contributed by atoms with van der Waals surface area (Å²) in [5, 5.41) is 0.458. The highest BCUT2D eigenvalue weighted by atomic mass is 79.9. The van der Waals surface area contributed by atoms with E-state index in [0.717, 1.165) is 34.9 Å². The molecule has 1 amide bonds. The minimum absolute atomic E-state index is 0.0668. The van der Waals surface area contributed by atoms with Gasteiger partial charge in [-0.25, -0.2) is 0 Å². The topological polar surface area (TPSA) is 69.0 Å². The van der Waals surface area contributed by atoms with E-state index in [0.29, 0.717) is 46.9 Å². The van der Waals surface area contributed by atoms with Gasteiger partial charge in [-0.15, -0.1) is 0 Å². The summed E-state index contributed by atoms with van der Waals surface area (Å²) in [5.74, 6) is 0.939. The van der Waals surface area contributed by atoms with Gasteiger partial charge in [0.15, 0.2) is 16.9 Å². The Balaban J connectivity index is 1.68. The third-order valence-electron chi connectivity index (χ3n) is 6.72. The van der Waals surface area contributed by atoms with Crippen molar-refractivity contribution in [3.63, 3.8) is 0 Å². The molecule has 5 rings (SSSR count). The van der Waals surface area contributed by atoms with Gasteiger partial charge < -0.3 is 13.9 Å². The maximum atomic E-state index is 13.9. The second-order valence-corrected chi connectivity index (χ2v) is 10.3. The molecular formula is C31H30BrNO5. The van der Waals surface area contributed by atoms with Crippen LogP contribution in [-0.4, -0.2) is 19.1 Å². The molecule has 0 spiro atoms. The van der Waals surface area contributed by atoms with E-state index >= 15 is 0 Å². The van der Waals surface area contributed by atoms with Crippen LogP contribution in [0.2, 0.25) is 0 Å². The highest BCUT2D eigenvalue weighted by Crippen LogP contribution is 2.43. The quantitative estimate of drug-likeness (QED) is 0.192. The van der Waals surface area contributed by atoms with Crippen molar-refractivity contribution in [3.05, 3.63) is 97.8 Å². The van der Waals surface area contributed by atoms with Gasteiger partial charge in [0, 0.05) is 10.2 Å². The van der Waals surface area contributed by atoms with Gasteiger partial charge in [0.25, 0.3) is 5.91 Å². The van der Waals surface area contributed by atoms with Crippen molar-refractivity contribution in [1.82, 2.24) is 0 Å². The average Bonchev–Trinajstić information content (AvgIpc) is 3.20. The molecule has 1 atom stereocenters. The van der Waals surface area contributed by atoms with Crippen LogP contribution in [0.1, 0.15) is 66.4 Å². The van der Waals surface area contributed by atoms with Crippen LogP contribution in [0.15, 0.2) is 74.3 Å². The summed E-state index contributed by atoms with van der Waals surface area (Å²) in [6.07, 6.45) is 3.16. The third kappa shape index (κ3) is 4.83. The monoisotopic (exact) mass is 575 g/mol. The molecule has 4 aromatic rings. The molecule has 0 radical (unpaired) electrons. The molecule has 1 unspecified atom stereocenters. The summed E-state index contributed by atoms with van der Waals surface area (Å²) >= 11 is 3.47. The number of carbonyl (C=O) groups excluding carboxylic acids is 1. The SMILES string of the molecule is CCCCCOc1ccc(C2c3c(oc4ccc(C)cc4c3=O)C(=O)N2c2ccc(Br)cc2)cc1OCC. The number of benzene rings is 3. The van der Waals surface area contributed by atoms with Crippen molar-refractivity contribution in [2.24, 2.45) is 0 Å². The van der Waals surface area contributed by atoms with Crippen LogP contribution in [0.25, 0.3) is 11.0 Å². The number of anilines is 1. The molecule has 3 aromatic carbocycles. The number of hydrogen-bond acceptors (Lipinski definition) is 5. The molecule has 38 heavy (non-hydrogen) atoms. The molecule has 1 aromatic heterocycles. The van der Waals surface area contributed by atoms with Crippen molar-refractivity contribution in [3.8, 4) is 11.5 Å². The zero-order chi connectivity index (χ0) is 26.8. The molecule has 1 aliphatic heterocycles. The van der Waals surface area contributed by atoms with Gasteiger partial charge in [-0.05, 0) is 74.4 Å². The fraction of sp³-hybridized carbons (Fsp3) is 0.290. The summed E-state index contributed by atoms with van der Waals surface area (Å²) in [6, 6.07) is 17.8. The van der Waals surface area contributed by atoms with Gasteiger partial charge in [-0.1, -0.05) is 53.4 Å². The molecule has 0 fully saturated rings. The first-order chi connectivity index (χ1) is 18.4. The maximum absolute atomic E-state index is 13.9. The summed E-state index contributed by atoms with van der Waals surface area (Å²) in [7, 11) is 0. The van der Waals surface area contributed by atoms with Crippen molar-refractivity contribution >= 4 is 38.5 Å². The Kier molecular flexibility index (Phi) is 7.56. The Labute approximate surface area is 230 Å². The first kappa shape index (κ1) is 26.0. The van der Waals surface area contributed by atoms with Crippen LogP contribution in [0.4, 0.5) is 5.69 Å². The smallest absolute Gasteiger partial charge is 0.295 e. The molecule has 0 bridgehead atoms. The zero-order valence-electron chi connectivity index (χ0n) is 21.8. The molecule has 6 nitrogen and oxygen atoms in total. The highest BCUT2D eigenvalue weighted by molar-refractivity contribution is 9.10. The Bertz CT molecular complexity index is 1540. The standard InChI is InChI=1S/C31H30BrNO5/c1-4-6-7-16-37-25-15-9-20(18-26(25)36-5-2)28-27-29(34)23-17-19(3)8-14-24(23)38-30(27)31(35)33(28)22-12-10-21(32)11-13-22/h8-15,17-18,28H,4-7,16H2,1-3H3.